The number of methoxy groups -OCH3 is 1. The van der Waals surface area contributed by atoms with Crippen LogP contribution in [0.15, 0.2) is 83.2 Å². The molecule has 5 nitrogen and oxygen atoms in total. The maximum absolute atomic E-state index is 14.3. The van der Waals surface area contributed by atoms with Crippen molar-refractivity contribution in [3.63, 3.8) is 0 Å². The van der Waals surface area contributed by atoms with Gasteiger partial charge in [-0.3, -0.25) is 9.59 Å². The van der Waals surface area contributed by atoms with Crippen molar-refractivity contribution < 1.29 is 19.1 Å². The van der Waals surface area contributed by atoms with Crippen molar-refractivity contribution in [1.29, 1.82) is 0 Å². The second-order valence-corrected chi connectivity index (χ2v) is 16.5. The van der Waals surface area contributed by atoms with E-state index in [1.807, 2.05) is 24.3 Å². The number of ketones is 2. The molecule has 0 fully saturated rings. The molecule has 0 N–H and O–H groups in total. The third kappa shape index (κ3) is 7.02. The lowest BCUT2D eigenvalue weighted by atomic mass is 9.63. The van der Waals surface area contributed by atoms with Crippen LogP contribution in [0.4, 0.5) is 0 Å². The average Bonchev–Trinajstić information content (AvgIpc) is 2.99. The van der Waals surface area contributed by atoms with Crippen molar-refractivity contribution in [3.8, 4) is 11.5 Å². The van der Waals surface area contributed by atoms with E-state index in [1.165, 1.54) is 5.56 Å². The van der Waals surface area contributed by atoms with Crippen LogP contribution >= 0.6 is 45.8 Å². The summed E-state index contributed by atoms with van der Waals surface area (Å²) in [5, 5.41) is 1.09. The van der Waals surface area contributed by atoms with Gasteiger partial charge in [-0.2, -0.15) is 0 Å². The number of nitrogens with zero attached hydrogens (tertiary/aromatic N) is 1. The van der Waals surface area contributed by atoms with Crippen LogP contribution in [-0.4, -0.2) is 30.1 Å². The summed E-state index contributed by atoms with van der Waals surface area (Å²) >= 11 is 14.8. The number of halogens is 3. The largest absolute Gasteiger partial charge is 0.493 e. The number of carbonyl (C=O) groups is 2. The number of Topliss-reactive ketones (excluding diaryl/α,β-unsaturated/α-hetero) is 2. The molecule has 0 spiro atoms. The maximum atomic E-state index is 14.3. The quantitative estimate of drug-likeness (QED) is 0.213. The Morgan fingerprint density at radius 3 is 2.04 bits per heavy atom. The SMILES string of the molecule is COc1cc(C2C3=C(CC(C)(C)CC3=O)N(CCc3ccccc3)C3=C2C(=O)CC(C)(C)C3)cc(I)c1OCc1ccc(Cl)cc1Cl. The van der Waals surface area contributed by atoms with Crippen molar-refractivity contribution in [2.75, 3.05) is 13.7 Å². The standard InChI is InChI=1S/C39H40Cl2INO4/c1-38(2)18-29-35(31(44)20-38)34(25-15-28(42)37(33(16-25)46-5)47-22-24-11-12-26(40)17-27(24)41)36-30(19-39(3,4)21-32(36)45)43(29)14-13-23-9-7-6-8-10-23/h6-12,15-17,34H,13-14,18-22H2,1-5H3. The Bertz CT molecular complexity index is 1760. The molecule has 246 valence electrons. The molecule has 0 atom stereocenters. The van der Waals surface area contributed by atoms with Gasteiger partial charge in [0.05, 0.1) is 10.7 Å². The molecule has 0 saturated carbocycles. The third-order valence-electron chi connectivity index (χ3n) is 9.46. The van der Waals surface area contributed by atoms with E-state index in [1.54, 1.807) is 19.2 Å². The number of hydrogen-bond acceptors (Lipinski definition) is 5. The highest BCUT2D eigenvalue weighted by Gasteiger charge is 2.49. The summed E-state index contributed by atoms with van der Waals surface area (Å²) in [4.78, 5) is 30.9. The summed E-state index contributed by atoms with van der Waals surface area (Å²) in [5.74, 6) is 0.879. The number of allylic oxidation sites excluding steroid dienone is 4. The lowest BCUT2D eigenvalue weighted by Crippen LogP contribution is -2.45. The monoisotopic (exact) mass is 783 g/mol. The van der Waals surface area contributed by atoms with Gasteiger partial charge in [-0.25, -0.2) is 0 Å². The fourth-order valence-electron chi connectivity index (χ4n) is 7.37. The zero-order chi connectivity index (χ0) is 33.7. The highest BCUT2D eigenvalue weighted by molar-refractivity contribution is 14.1. The van der Waals surface area contributed by atoms with Gasteiger partial charge in [-0.05, 0) is 88.1 Å². The average molecular weight is 785 g/mol. The first-order valence-corrected chi connectivity index (χ1v) is 17.9. The van der Waals surface area contributed by atoms with E-state index in [2.05, 4.69) is 79.5 Å². The molecule has 8 heteroatoms. The molecule has 0 radical (unpaired) electrons. The smallest absolute Gasteiger partial charge is 0.174 e. The van der Waals surface area contributed by atoms with Gasteiger partial charge >= 0.3 is 0 Å². The third-order valence-corrected chi connectivity index (χ3v) is 10.8. The summed E-state index contributed by atoms with van der Waals surface area (Å²) in [6.07, 6.45) is 3.23. The fraction of sp³-hybridized carbons (Fsp3) is 0.385. The molecule has 0 amide bonds. The molecule has 0 bridgehead atoms. The molecular formula is C39H40Cl2INO4. The van der Waals surface area contributed by atoms with Crippen LogP contribution in [0.25, 0.3) is 0 Å². The van der Waals surface area contributed by atoms with Crippen molar-refractivity contribution >= 4 is 57.4 Å². The summed E-state index contributed by atoms with van der Waals surface area (Å²) < 4.78 is 13.0. The topological polar surface area (TPSA) is 55.8 Å². The highest BCUT2D eigenvalue weighted by Crippen LogP contribution is 2.55. The Morgan fingerprint density at radius 2 is 1.47 bits per heavy atom. The van der Waals surface area contributed by atoms with Crippen LogP contribution in [0.3, 0.4) is 0 Å². The van der Waals surface area contributed by atoms with E-state index in [4.69, 9.17) is 32.7 Å². The summed E-state index contributed by atoms with van der Waals surface area (Å²) in [7, 11) is 1.61. The minimum Gasteiger partial charge on any atom is -0.493 e. The molecule has 3 aromatic carbocycles. The number of benzene rings is 3. The Hall–Kier alpha value is -2.81. The fourth-order valence-corrected chi connectivity index (χ4v) is 8.62. The Labute approximate surface area is 301 Å². The molecule has 3 aromatic rings. The molecule has 0 saturated heterocycles. The summed E-state index contributed by atoms with van der Waals surface area (Å²) in [6.45, 7) is 9.62. The van der Waals surface area contributed by atoms with Gasteiger partial charge < -0.3 is 14.4 Å². The van der Waals surface area contributed by atoms with Crippen LogP contribution < -0.4 is 9.47 Å². The molecular weight excluding hydrogens is 744 g/mol. The predicted octanol–water partition coefficient (Wildman–Crippen LogP) is 10.1. The zero-order valence-corrected chi connectivity index (χ0v) is 31.2. The predicted molar refractivity (Wildman–Crippen MR) is 196 cm³/mol. The van der Waals surface area contributed by atoms with Gasteiger partial charge in [-0.15, -0.1) is 0 Å². The van der Waals surface area contributed by atoms with E-state index in [-0.39, 0.29) is 29.0 Å². The van der Waals surface area contributed by atoms with E-state index in [0.717, 1.165) is 56.5 Å². The first-order valence-electron chi connectivity index (χ1n) is 16.0. The van der Waals surface area contributed by atoms with Gasteiger partial charge in [0.2, 0.25) is 0 Å². The summed E-state index contributed by atoms with van der Waals surface area (Å²) in [6, 6.07) is 19.7. The second kappa shape index (κ2) is 13.2. The van der Waals surface area contributed by atoms with Gasteiger partial charge in [-0.1, -0.05) is 87.3 Å². The van der Waals surface area contributed by atoms with Crippen LogP contribution in [-0.2, 0) is 22.6 Å². The van der Waals surface area contributed by atoms with E-state index < -0.39 is 5.92 Å². The van der Waals surface area contributed by atoms with E-state index in [0.29, 0.717) is 40.9 Å². The molecule has 1 heterocycles. The van der Waals surface area contributed by atoms with Gasteiger partial charge in [0.15, 0.2) is 23.1 Å². The van der Waals surface area contributed by atoms with E-state index >= 15 is 0 Å². The number of rotatable bonds is 8. The van der Waals surface area contributed by atoms with Crippen LogP contribution in [0.5, 0.6) is 11.5 Å². The lowest BCUT2D eigenvalue weighted by Gasteiger charge is -2.49. The first-order chi connectivity index (χ1) is 22.3. The number of hydrogen-bond donors (Lipinski definition) is 0. The highest BCUT2D eigenvalue weighted by atomic mass is 127. The van der Waals surface area contributed by atoms with Crippen molar-refractivity contribution in [2.45, 2.75) is 72.3 Å². The molecule has 3 aliphatic rings. The Morgan fingerprint density at radius 1 is 0.851 bits per heavy atom. The van der Waals surface area contributed by atoms with Crippen LogP contribution in [0.1, 0.15) is 76.0 Å². The molecule has 6 rings (SSSR count). The molecule has 0 unspecified atom stereocenters. The molecule has 2 aliphatic carbocycles. The van der Waals surface area contributed by atoms with Crippen molar-refractivity contribution in [3.05, 3.63) is 114 Å². The maximum Gasteiger partial charge on any atom is 0.174 e. The van der Waals surface area contributed by atoms with Crippen LogP contribution in [0.2, 0.25) is 10.0 Å². The lowest BCUT2D eigenvalue weighted by molar-refractivity contribution is -0.119. The minimum atomic E-state index is -0.470. The summed E-state index contributed by atoms with van der Waals surface area (Å²) in [5.41, 5.74) is 6.15. The minimum absolute atomic E-state index is 0.113. The Kier molecular flexibility index (Phi) is 9.60. The van der Waals surface area contributed by atoms with E-state index in [9.17, 15) is 9.59 Å². The molecule has 0 aromatic heterocycles. The second-order valence-electron chi connectivity index (χ2n) is 14.5. The van der Waals surface area contributed by atoms with Gasteiger partial charge in [0, 0.05) is 63.5 Å². The Balaban J connectivity index is 1.47. The van der Waals surface area contributed by atoms with Crippen molar-refractivity contribution in [1.82, 2.24) is 4.90 Å². The van der Waals surface area contributed by atoms with Crippen molar-refractivity contribution in [2.24, 2.45) is 10.8 Å². The number of ether oxygens (including phenoxy) is 2. The molecule has 1 aliphatic heterocycles. The number of carbonyl (C=O) groups excluding carboxylic acids is 2. The van der Waals surface area contributed by atoms with Gasteiger partial charge in [0.25, 0.3) is 0 Å². The van der Waals surface area contributed by atoms with Crippen LogP contribution in [0, 0.1) is 14.4 Å². The molecule has 47 heavy (non-hydrogen) atoms. The van der Waals surface area contributed by atoms with Gasteiger partial charge in [0.1, 0.15) is 6.61 Å². The normalized spacial score (nSPS) is 19.1. The first kappa shape index (κ1) is 34.1. The zero-order valence-electron chi connectivity index (χ0n) is 27.5.